The molecular weight excluding hydrogens is 458 g/mol. The molecule has 1 heterocycles. The van der Waals surface area contributed by atoms with Crippen LogP contribution in [0.2, 0.25) is 5.02 Å². The lowest BCUT2D eigenvalue weighted by Gasteiger charge is -2.26. The minimum atomic E-state index is -3.65. The lowest BCUT2D eigenvalue weighted by atomic mass is 10.1. The number of Topliss-reactive ketones (excluding diaryl/α,β-unsaturated/α-hetero) is 2. The first-order valence-corrected chi connectivity index (χ1v) is 11.7. The minimum Gasteiger partial charge on any atom is -0.457 e. The van der Waals surface area contributed by atoms with Gasteiger partial charge in [-0.2, -0.15) is 4.31 Å². The first-order chi connectivity index (χ1) is 15.3. The summed E-state index contributed by atoms with van der Waals surface area (Å²) in [7, 11) is -3.65. The lowest BCUT2D eigenvalue weighted by Crippen LogP contribution is -2.40. The Kier molecular flexibility index (Phi) is 8.14. The quantitative estimate of drug-likeness (QED) is 0.402. The van der Waals surface area contributed by atoms with Crippen LogP contribution < -0.4 is 0 Å². The summed E-state index contributed by atoms with van der Waals surface area (Å²) >= 11 is 5.78. The number of halogens is 1. The van der Waals surface area contributed by atoms with E-state index >= 15 is 0 Å². The number of ketones is 2. The summed E-state index contributed by atoms with van der Waals surface area (Å²) in [5.74, 6) is -1.38. The number of hydrogen-bond donors (Lipinski definition) is 0. The van der Waals surface area contributed by atoms with E-state index in [1.54, 1.807) is 24.3 Å². The second-order valence-corrected chi connectivity index (χ2v) is 9.43. The van der Waals surface area contributed by atoms with Gasteiger partial charge in [-0.15, -0.1) is 0 Å². The van der Waals surface area contributed by atoms with Crippen LogP contribution in [0.1, 0.15) is 33.6 Å². The first-order valence-electron chi connectivity index (χ1n) is 9.93. The molecule has 8 nitrogen and oxygen atoms in total. The van der Waals surface area contributed by atoms with Gasteiger partial charge in [-0.1, -0.05) is 11.6 Å². The SMILES string of the molecule is O=C(CCC(=O)c1ccc(Cl)cc1)OCC(=O)c1ccc(S(=O)(=O)N2CCOCC2)cc1. The summed E-state index contributed by atoms with van der Waals surface area (Å²) in [4.78, 5) is 36.3. The van der Waals surface area contributed by atoms with E-state index in [0.717, 1.165) is 0 Å². The zero-order valence-electron chi connectivity index (χ0n) is 17.2. The Balaban J connectivity index is 1.48. The maximum Gasteiger partial charge on any atom is 0.306 e. The molecule has 0 saturated carbocycles. The van der Waals surface area contributed by atoms with E-state index in [2.05, 4.69) is 0 Å². The van der Waals surface area contributed by atoms with Crippen molar-refractivity contribution in [2.24, 2.45) is 0 Å². The molecule has 0 atom stereocenters. The van der Waals surface area contributed by atoms with E-state index in [0.29, 0.717) is 23.8 Å². The van der Waals surface area contributed by atoms with Crippen molar-refractivity contribution in [1.82, 2.24) is 4.31 Å². The summed E-state index contributed by atoms with van der Waals surface area (Å²) in [6.45, 7) is 0.738. The number of esters is 1. The van der Waals surface area contributed by atoms with Crippen LogP contribution in [0.4, 0.5) is 0 Å². The van der Waals surface area contributed by atoms with Crippen LogP contribution in [-0.2, 0) is 24.3 Å². The van der Waals surface area contributed by atoms with Gasteiger partial charge in [-0.25, -0.2) is 8.42 Å². The highest BCUT2D eigenvalue weighted by Gasteiger charge is 2.26. The predicted molar refractivity (Wildman–Crippen MR) is 116 cm³/mol. The monoisotopic (exact) mass is 479 g/mol. The Morgan fingerprint density at radius 2 is 1.44 bits per heavy atom. The van der Waals surface area contributed by atoms with Crippen LogP contribution in [0.3, 0.4) is 0 Å². The van der Waals surface area contributed by atoms with Crippen LogP contribution in [-0.4, -0.2) is 63.2 Å². The molecule has 2 aromatic carbocycles. The average Bonchev–Trinajstić information content (AvgIpc) is 2.82. The molecule has 0 unspecified atom stereocenters. The van der Waals surface area contributed by atoms with Gasteiger partial charge in [0.15, 0.2) is 18.2 Å². The number of hydrogen-bond acceptors (Lipinski definition) is 7. The predicted octanol–water partition coefficient (Wildman–Crippen LogP) is 2.75. The molecular formula is C22H22ClNO7S. The van der Waals surface area contributed by atoms with Crippen LogP contribution in [0, 0.1) is 0 Å². The first kappa shape index (κ1) is 24.1. The molecule has 0 N–H and O–H groups in total. The third kappa shape index (κ3) is 6.23. The second-order valence-electron chi connectivity index (χ2n) is 7.05. The van der Waals surface area contributed by atoms with Crippen LogP contribution in [0.5, 0.6) is 0 Å². The Morgan fingerprint density at radius 3 is 2.06 bits per heavy atom. The number of carbonyl (C=O) groups excluding carboxylic acids is 3. The summed E-state index contributed by atoms with van der Waals surface area (Å²) in [6, 6.07) is 11.8. The van der Waals surface area contributed by atoms with E-state index in [4.69, 9.17) is 21.1 Å². The fourth-order valence-electron chi connectivity index (χ4n) is 3.05. The summed E-state index contributed by atoms with van der Waals surface area (Å²) in [5.41, 5.74) is 0.654. The summed E-state index contributed by atoms with van der Waals surface area (Å²) < 4.78 is 36.7. The largest absolute Gasteiger partial charge is 0.457 e. The molecule has 170 valence electrons. The molecule has 0 amide bonds. The van der Waals surface area contributed by atoms with Gasteiger partial charge in [-0.3, -0.25) is 14.4 Å². The van der Waals surface area contributed by atoms with Crippen molar-refractivity contribution < 1.29 is 32.3 Å². The second kappa shape index (κ2) is 10.8. The van der Waals surface area contributed by atoms with Crippen molar-refractivity contribution in [1.29, 1.82) is 0 Å². The van der Waals surface area contributed by atoms with Crippen molar-refractivity contribution >= 4 is 39.2 Å². The van der Waals surface area contributed by atoms with Crippen molar-refractivity contribution in [3.8, 4) is 0 Å². The molecule has 0 aromatic heterocycles. The van der Waals surface area contributed by atoms with Gasteiger partial charge in [0, 0.05) is 35.7 Å². The molecule has 3 rings (SSSR count). The van der Waals surface area contributed by atoms with Gasteiger partial charge < -0.3 is 9.47 Å². The van der Waals surface area contributed by atoms with Gasteiger partial charge in [0.2, 0.25) is 10.0 Å². The van der Waals surface area contributed by atoms with Gasteiger partial charge in [0.05, 0.1) is 24.5 Å². The topological polar surface area (TPSA) is 107 Å². The van der Waals surface area contributed by atoms with E-state index < -0.39 is 28.4 Å². The molecule has 1 fully saturated rings. The highest BCUT2D eigenvalue weighted by Crippen LogP contribution is 2.18. The smallest absolute Gasteiger partial charge is 0.306 e. The number of benzene rings is 2. The zero-order valence-corrected chi connectivity index (χ0v) is 18.7. The van der Waals surface area contributed by atoms with Gasteiger partial charge in [-0.05, 0) is 48.5 Å². The number of carbonyl (C=O) groups is 3. The van der Waals surface area contributed by atoms with Crippen molar-refractivity contribution in [2.75, 3.05) is 32.9 Å². The fourth-order valence-corrected chi connectivity index (χ4v) is 4.58. The molecule has 0 spiro atoms. The van der Waals surface area contributed by atoms with E-state index in [-0.39, 0.29) is 42.2 Å². The molecule has 10 heteroatoms. The van der Waals surface area contributed by atoms with E-state index in [1.807, 2.05) is 0 Å². The Morgan fingerprint density at radius 1 is 0.875 bits per heavy atom. The normalized spacial score (nSPS) is 14.7. The van der Waals surface area contributed by atoms with Crippen molar-refractivity contribution in [2.45, 2.75) is 17.7 Å². The molecule has 1 aliphatic heterocycles. The number of rotatable bonds is 9. The van der Waals surface area contributed by atoms with Crippen LogP contribution >= 0.6 is 11.6 Å². The Hall–Kier alpha value is -2.59. The Bertz CT molecular complexity index is 1080. The van der Waals surface area contributed by atoms with Crippen molar-refractivity contribution in [3.63, 3.8) is 0 Å². The number of ether oxygens (including phenoxy) is 2. The van der Waals surface area contributed by atoms with Gasteiger partial charge >= 0.3 is 5.97 Å². The van der Waals surface area contributed by atoms with Gasteiger partial charge in [0.25, 0.3) is 0 Å². The van der Waals surface area contributed by atoms with E-state index in [1.165, 1.54) is 28.6 Å². The highest BCUT2D eigenvalue weighted by atomic mass is 35.5. The van der Waals surface area contributed by atoms with Crippen molar-refractivity contribution in [3.05, 3.63) is 64.7 Å². The molecule has 0 radical (unpaired) electrons. The molecule has 2 aromatic rings. The fraction of sp³-hybridized carbons (Fsp3) is 0.318. The average molecular weight is 480 g/mol. The minimum absolute atomic E-state index is 0.0528. The Labute approximate surface area is 191 Å². The molecule has 0 aliphatic carbocycles. The van der Waals surface area contributed by atoms with E-state index in [9.17, 15) is 22.8 Å². The van der Waals surface area contributed by atoms with Gasteiger partial charge in [0.1, 0.15) is 0 Å². The number of nitrogens with zero attached hydrogens (tertiary/aromatic N) is 1. The number of sulfonamides is 1. The summed E-state index contributed by atoms with van der Waals surface area (Å²) in [6.07, 6.45) is -0.214. The standard InChI is InChI=1S/C22H22ClNO7S/c23-18-5-1-16(2-6-18)20(25)9-10-22(27)31-15-21(26)17-3-7-19(8-4-17)32(28,29)24-11-13-30-14-12-24/h1-8H,9-15H2. The third-order valence-electron chi connectivity index (χ3n) is 4.87. The molecule has 1 saturated heterocycles. The maximum absolute atomic E-state index is 12.6. The highest BCUT2D eigenvalue weighted by molar-refractivity contribution is 7.89. The van der Waals surface area contributed by atoms with Crippen LogP contribution in [0.25, 0.3) is 0 Å². The number of morpholine rings is 1. The third-order valence-corrected chi connectivity index (χ3v) is 7.04. The maximum atomic E-state index is 12.6. The summed E-state index contributed by atoms with van der Waals surface area (Å²) in [5, 5.41) is 0.506. The lowest BCUT2D eigenvalue weighted by molar-refractivity contribution is -0.142. The molecule has 32 heavy (non-hydrogen) atoms. The van der Waals surface area contributed by atoms with Crippen LogP contribution in [0.15, 0.2) is 53.4 Å². The molecule has 0 bridgehead atoms. The molecule has 1 aliphatic rings. The zero-order chi connectivity index (χ0) is 23.1.